The summed E-state index contributed by atoms with van der Waals surface area (Å²) in [5.41, 5.74) is -0.852. The number of aliphatic hydroxyl groups excluding tert-OH is 2. The van der Waals surface area contributed by atoms with Crippen LogP contribution in [0.4, 0.5) is 0 Å². The minimum atomic E-state index is -1.11. The van der Waals surface area contributed by atoms with E-state index < -0.39 is 11.4 Å². The molecule has 21 heavy (non-hydrogen) atoms. The zero-order chi connectivity index (χ0) is 16.0. The summed E-state index contributed by atoms with van der Waals surface area (Å²) in [6.45, 7) is 0.752. The minimum absolute atomic E-state index is 0.262. The molecule has 3 N–H and O–H groups in total. The molecule has 0 bridgehead atoms. The van der Waals surface area contributed by atoms with E-state index in [-0.39, 0.29) is 18.8 Å². The zero-order valence-electron chi connectivity index (χ0n) is 12.6. The Bertz CT molecular complexity index is 473. The highest BCUT2D eigenvalue weighted by Gasteiger charge is 2.26. The molecule has 118 valence electrons. The first-order chi connectivity index (χ1) is 9.94. The van der Waals surface area contributed by atoms with Crippen molar-refractivity contribution in [3.8, 4) is 17.2 Å². The van der Waals surface area contributed by atoms with E-state index in [1.807, 2.05) is 0 Å². The number of methoxy groups -OCH3 is 3. The van der Waals surface area contributed by atoms with Crippen LogP contribution in [-0.4, -0.2) is 56.2 Å². The topological polar surface area (TPSA) is 97.3 Å². The lowest BCUT2D eigenvalue weighted by Gasteiger charge is -2.26. The van der Waals surface area contributed by atoms with Gasteiger partial charge in [-0.2, -0.15) is 0 Å². The minimum Gasteiger partial charge on any atom is -0.493 e. The van der Waals surface area contributed by atoms with Crippen LogP contribution in [0, 0.1) is 0 Å². The van der Waals surface area contributed by atoms with Crippen LogP contribution in [0.25, 0.3) is 0 Å². The number of amides is 1. The van der Waals surface area contributed by atoms with Crippen molar-refractivity contribution in [2.45, 2.75) is 12.5 Å². The number of hydrogen-bond acceptors (Lipinski definition) is 6. The summed E-state index contributed by atoms with van der Waals surface area (Å²) in [4.78, 5) is 12.2. The average Bonchev–Trinajstić information content (AvgIpc) is 2.52. The van der Waals surface area contributed by atoms with Crippen molar-refractivity contribution in [1.29, 1.82) is 0 Å². The van der Waals surface area contributed by atoms with Gasteiger partial charge >= 0.3 is 0 Å². The second-order valence-corrected chi connectivity index (χ2v) is 4.75. The molecule has 0 aliphatic carbocycles. The SMILES string of the molecule is COc1cc(C(=O)NC(C)(CO)CO)cc(OC)c1OC. The first-order valence-electron chi connectivity index (χ1n) is 6.29. The molecule has 1 aromatic rings. The molecule has 0 unspecified atom stereocenters. The van der Waals surface area contributed by atoms with Gasteiger partial charge in [-0.1, -0.05) is 0 Å². The Kier molecular flexibility index (Phi) is 5.80. The van der Waals surface area contributed by atoms with Gasteiger partial charge in [0.2, 0.25) is 5.75 Å². The molecule has 1 rings (SSSR count). The Hall–Kier alpha value is -1.99. The number of aliphatic hydroxyl groups is 2. The smallest absolute Gasteiger partial charge is 0.252 e. The summed E-state index contributed by atoms with van der Waals surface area (Å²) in [5, 5.41) is 21.0. The van der Waals surface area contributed by atoms with E-state index in [0.717, 1.165) is 0 Å². The number of nitrogens with one attached hydrogen (secondary N) is 1. The summed E-state index contributed by atoms with van der Waals surface area (Å²) >= 11 is 0. The van der Waals surface area contributed by atoms with E-state index >= 15 is 0 Å². The predicted molar refractivity (Wildman–Crippen MR) is 76.1 cm³/mol. The van der Waals surface area contributed by atoms with Crippen LogP contribution in [0.1, 0.15) is 17.3 Å². The highest BCUT2D eigenvalue weighted by Crippen LogP contribution is 2.38. The molecule has 0 heterocycles. The van der Waals surface area contributed by atoms with Crippen molar-refractivity contribution < 1.29 is 29.2 Å². The Morgan fingerprint density at radius 1 is 1.10 bits per heavy atom. The molecule has 0 saturated heterocycles. The average molecular weight is 299 g/mol. The van der Waals surface area contributed by atoms with Crippen molar-refractivity contribution in [1.82, 2.24) is 5.32 Å². The third-order valence-electron chi connectivity index (χ3n) is 3.04. The molecule has 0 saturated carbocycles. The molecule has 0 aromatic heterocycles. The summed E-state index contributed by atoms with van der Waals surface area (Å²) in [6.07, 6.45) is 0. The molecular formula is C14H21NO6. The van der Waals surface area contributed by atoms with Gasteiger partial charge in [0.25, 0.3) is 5.91 Å². The van der Waals surface area contributed by atoms with E-state index in [4.69, 9.17) is 14.2 Å². The maximum Gasteiger partial charge on any atom is 0.252 e. The van der Waals surface area contributed by atoms with Gasteiger partial charge in [0.15, 0.2) is 11.5 Å². The van der Waals surface area contributed by atoms with Crippen LogP contribution in [0.5, 0.6) is 17.2 Å². The van der Waals surface area contributed by atoms with Crippen molar-refractivity contribution in [3.63, 3.8) is 0 Å². The van der Waals surface area contributed by atoms with Crippen LogP contribution in [0.2, 0.25) is 0 Å². The van der Waals surface area contributed by atoms with E-state index in [1.165, 1.54) is 40.4 Å². The van der Waals surface area contributed by atoms with Gasteiger partial charge in [0.05, 0.1) is 40.1 Å². The van der Waals surface area contributed by atoms with Crippen LogP contribution in [-0.2, 0) is 0 Å². The normalized spacial score (nSPS) is 11.0. The third kappa shape index (κ3) is 3.77. The van der Waals surface area contributed by atoms with Gasteiger partial charge in [0, 0.05) is 5.56 Å². The Labute approximate surface area is 123 Å². The fourth-order valence-electron chi connectivity index (χ4n) is 1.69. The lowest BCUT2D eigenvalue weighted by Crippen LogP contribution is -2.51. The van der Waals surface area contributed by atoms with Crippen LogP contribution in [0.15, 0.2) is 12.1 Å². The number of carbonyl (C=O) groups excluding carboxylic acids is 1. The summed E-state index contributed by atoms with van der Waals surface area (Å²) in [7, 11) is 4.36. The maximum atomic E-state index is 12.2. The number of rotatable bonds is 7. The lowest BCUT2D eigenvalue weighted by atomic mass is 10.0. The number of benzene rings is 1. The third-order valence-corrected chi connectivity index (χ3v) is 3.04. The number of hydrogen-bond donors (Lipinski definition) is 3. The molecule has 0 aliphatic heterocycles. The second-order valence-electron chi connectivity index (χ2n) is 4.75. The monoisotopic (exact) mass is 299 g/mol. The van der Waals surface area contributed by atoms with Gasteiger partial charge in [-0.15, -0.1) is 0 Å². The second kappa shape index (κ2) is 7.14. The van der Waals surface area contributed by atoms with E-state index in [9.17, 15) is 15.0 Å². The van der Waals surface area contributed by atoms with Crippen molar-refractivity contribution in [2.24, 2.45) is 0 Å². The van der Waals surface area contributed by atoms with Crippen LogP contribution >= 0.6 is 0 Å². The van der Waals surface area contributed by atoms with Crippen molar-refractivity contribution in [3.05, 3.63) is 17.7 Å². The largest absolute Gasteiger partial charge is 0.493 e. The van der Waals surface area contributed by atoms with Gasteiger partial charge in [-0.25, -0.2) is 0 Å². The molecule has 7 nitrogen and oxygen atoms in total. The molecule has 0 atom stereocenters. The van der Waals surface area contributed by atoms with Gasteiger partial charge < -0.3 is 29.7 Å². The van der Waals surface area contributed by atoms with Crippen LogP contribution in [0.3, 0.4) is 0 Å². The summed E-state index contributed by atoms with van der Waals surface area (Å²) in [6, 6.07) is 2.98. The molecular weight excluding hydrogens is 278 g/mol. The molecule has 0 aliphatic rings. The Morgan fingerprint density at radius 2 is 1.57 bits per heavy atom. The summed E-state index contributed by atoms with van der Waals surface area (Å²) < 4.78 is 15.5. The Balaban J connectivity index is 3.16. The molecule has 7 heteroatoms. The van der Waals surface area contributed by atoms with Crippen LogP contribution < -0.4 is 19.5 Å². The fraction of sp³-hybridized carbons (Fsp3) is 0.500. The first-order valence-corrected chi connectivity index (χ1v) is 6.29. The highest BCUT2D eigenvalue weighted by atomic mass is 16.5. The predicted octanol–water partition coefficient (Wildman–Crippen LogP) is 0.185. The van der Waals surface area contributed by atoms with Gasteiger partial charge in [0.1, 0.15) is 0 Å². The van der Waals surface area contributed by atoms with Gasteiger partial charge in [-0.05, 0) is 19.1 Å². The molecule has 1 aromatic carbocycles. The highest BCUT2D eigenvalue weighted by molar-refractivity contribution is 5.96. The van der Waals surface area contributed by atoms with E-state index in [1.54, 1.807) is 0 Å². The summed E-state index contributed by atoms with van der Waals surface area (Å²) in [5.74, 6) is 0.594. The van der Waals surface area contributed by atoms with Crippen molar-refractivity contribution >= 4 is 5.91 Å². The number of carbonyl (C=O) groups is 1. The van der Waals surface area contributed by atoms with E-state index in [2.05, 4.69) is 5.32 Å². The number of ether oxygens (including phenoxy) is 3. The fourth-order valence-corrected chi connectivity index (χ4v) is 1.69. The lowest BCUT2D eigenvalue weighted by molar-refractivity contribution is 0.0723. The molecule has 1 amide bonds. The molecule has 0 radical (unpaired) electrons. The van der Waals surface area contributed by atoms with Gasteiger partial charge in [-0.3, -0.25) is 4.79 Å². The Morgan fingerprint density at radius 3 is 1.90 bits per heavy atom. The quantitative estimate of drug-likeness (QED) is 0.665. The zero-order valence-corrected chi connectivity index (χ0v) is 12.6. The van der Waals surface area contributed by atoms with Crippen molar-refractivity contribution in [2.75, 3.05) is 34.5 Å². The maximum absolute atomic E-state index is 12.2. The first kappa shape index (κ1) is 17.1. The molecule has 0 fully saturated rings. The van der Waals surface area contributed by atoms with E-state index in [0.29, 0.717) is 17.2 Å². The molecule has 0 spiro atoms. The standard InChI is InChI=1S/C14H21NO6/c1-14(7-16,8-17)15-13(18)9-5-10(19-2)12(21-4)11(6-9)20-3/h5-6,16-17H,7-8H2,1-4H3,(H,15,18).